The van der Waals surface area contributed by atoms with Crippen molar-refractivity contribution in [1.29, 1.82) is 0 Å². The summed E-state index contributed by atoms with van der Waals surface area (Å²) in [6, 6.07) is 10.2. The zero-order valence-corrected chi connectivity index (χ0v) is 11.7. The van der Waals surface area contributed by atoms with Gasteiger partial charge in [0.25, 0.3) is 5.89 Å². The molecule has 1 aromatic heterocycles. The van der Waals surface area contributed by atoms with Crippen LogP contribution in [-0.4, -0.2) is 16.7 Å². The summed E-state index contributed by atoms with van der Waals surface area (Å²) in [5, 5.41) is 3.83. The molecule has 4 nitrogen and oxygen atoms in total. The maximum atomic E-state index is 13.2. The topological polar surface area (TPSA) is 48.2 Å². The van der Waals surface area contributed by atoms with Crippen LogP contribution in [0.2, 0.25) is 0 Å². The van der Waals surface area contributed by atoms with E-state index in [0.717, 1.165) is 29.5 Å². The number of hydrogen-bond acceptors (Lipinski definition) is 4. The molecule has 0 unspecified atom stereocenters. The first-order valence-electron chi connectivity index (χ1n) is 6.69. The van der Waals surface area contributed by atoms with E-state index >= 15 is 0 Å². The van der Waals surface area contributed by atoms with Gasteiger partial charge in [-0.3, -0.25) is 0 Å². The van der Waals surface area contributed by atoms with Crippen molar-refractivity contribution in [2.75, 3.05) is 6.61 Å². The molecule has 0 saturated heterocycles. The first-order chi connectivity index (χ1) is 10.7. The quantitative estimate of drug-likeness (QED) is 0.728. The Labute approximate surface area is 125 Å². The molecule has 0 bridgehead atoms. The molecule has 1 heterocycles. The van der Waals surface area contributed by atoms with Crippen LogP contribution in [0.25, 0.3) is 22.8 Å². The van der Waals surface area contributed by atoms with Gasteiger partial charge in [-0.25, -0.2) is 8.78 Å². The average Bonchev–Trinajstić information content (AvgIpc) is 2.97. The van der Waals surface area contributed by atoms with Gasteiger partial charge >= 0.3 is 0 Å². The van der Waals surface area contributed by atoms with Crippen LogP contribution in [0.3, 0.4) is 0 Å². The van der Waals surface area contributed by atoms with Gasteiger partial charge < -0.3 is 9.26 Å². The van der Waals surface area contributed by atoms with Gasteiger partial charge in [-0.2, -0.15) is 4.98 Å². The molecule has 0 atom stereocenters. The molecule has 0 spiro atoms. The van der Waals surface area contributed by atoms with Gasteiger partial charge in [0.05, 0.1) is 6.61 Å². The molecule has 22 heavy (non-hydrogen) atoms. The van der Waals surface area contributed by atoms with E-state index in [1.165, 1.54) is 0 Å². The second-order valence-corrected chi connectivity index (χ2v) is 4.54. The number of hydrogen-bond donors (Lipinski definition) is 0. The lowest BCUT2D eigenvalue weighted by molar-refractivity contribution is 0.340. The standard InChI is InChI=1S/C16H12F2N2O2/c1-2-21-14-5-3-10(4-6-14)15-19-16(22-20-15)11-7-12(17)9-13(18)8-11/h3-9H,2H2,1H3. The molecule has 0 N–H and O–H groups in total. The number of halogens is 2. The van der Waals surface area contributed by atoms with E-state index in [0.29, 0.717) is 12.4 Å². The predicted octanol–water partition coefficient (Wildman–Crippen LogP) is 4.08. The smallest absolute Gasteiger partial charge is 0.258 e. The first-order valence-corrected chi connectivity index (χ1v) is 6.69. The minimum Gasteiger partial charge on any atom is -0.494 e. The summed E-state index contributed by atoms with van der Waals surface area (Å²) in [5.74, 6) is -0.265. The van der Waals surface area contributed by atoms with Crippen molar-refractivity contribution in [3.8, 4) is 28.6 Å². The van der Waals surface area contributed by atoms with Crippen molar-refractivity contribution in [1.82, 2.24) is 10.1 Å². The summed E-state index contributed by atoms with van der Waals surface area (Å²) in [7, 11) is 0. The lowest BCUT2D eigenvalue weighted by atomic mass is 10.2. The third-order valence-corrected chi connectivity index (χ3v) is 2.96. The van der Waals surface area contributed by atoms with Gasteiger partial charge in [-0.15, -0.1) is 0 Å². The molecular weight excluding hydrogens is 290 g/mol. The van der Waals surface area contributed by atoms with Gasteiger partial charge in [0.15, 0.2) is 0 Å². The fourth-order valence-electron chi connectivity index (χ4n) is 2.00. The summed E-state index contributed by atoms with van der Waals surface area (Å²) in [5.41, 5.74) is 0.914. The summed E-state index contributed by atoms with van der Waals surface area (Å²) in [4.78, 5) is 4.16. The first kappa shape index (κ1) is 14.2. The average molecular weight is 302 g/mol. The van der Waals surface area contributed by atoms with Gasteiger partial charge in [-0.1, -0.05) is 5.16 Å². The third kappa shape index (κ3) is 2.95. The SMILES string of the molecule is CCOc1ccc(-c2noc(-c3cc(F)cc(F)c3)n2)cc1. The Morgan fingerprint density at radius 3 is 2.32 bits per heavy atom. The summed E-state index contributed by atoms with van der Waals surface area (Å²) < 4.78 is 36.9. The van der Waals surface area contributed by atoms with Crippen LogP contribution in [0.15, 0.2) is 47.0 Å². The summed E-state index contributed by atoms with van der Waals surface area (Å²) in [6.07, 6.45) is 0. The zero-order valence-electron chi connectivity index (χ0n) is 11.7. The molecule has 2 aromatic carbocycles. The van der Waals surface area contributed by atoms with E-state index in [1.54, 1.807) is 24.3 Å². The molecular formula is C16H12F2N2O2. The minimum absolute atomic E-state index is 0.0577. The van der Waals surface area contributed by atoms with Crippen LogP contribution in [-0.2, 0) is 0 Å². The van der Waals surface area contributed by atoms with Crippen LogP contribution in [0.4, 0.5) is 8.78 Å². The summed E-state index contributed by atoms with van der Waals surface area (Å²) in [6.45, 7) is 2.48. The van der Waals surface area contributed by atoms with E-state index in [2.05, 4.69) is 10.1 Å². The van der Waals surface area contributed by atoms with E-state index in [4.69, 9.17) is 9.26 Å². The second-order valence-electron chi connectivity index (χ2n) is 4.54. The molecule has 0 saturated carbocycles. The Bertz CT molecular complexity index is 765. The highest BCUT2D eigenvalue weighted by Gasteiger charge is 2.12. The fraction of sp³-hybridized carbons (Fsp3) is 0.125. The van der Waals surface area contributed by atoms with E-state index < -0.39 is 11.6 Å². The molecule has 112 valence electrons. The number of aromatic nitrogens is 2. The van der Waals surface area contributed by atoms with E-state index in [1.807, 2.05) is 6.92 Å². The van der Waals surface area contributed by atoms with Crippen molar-refractivity contribution in [3.05, 3.63) is 54.1 Å². The number of nitrogens with zero attached hydrogens (tertiary/aromatic N) is 2. The van der Waals surface area contributed by atoms with Gasteiger partial charge in [0.2, 0.25) is 5.82 Å². The molecule has 3 rings (SSSR count). The van der Waals surface area contributed by atoms with Crippen LogP contribution < -0.4 is 4.74 Å². The lowest BCUT2D eigenvalue weighted by Crippen LogP contribution is -1.90. The molecule has 0 aliphatic carbocycles. The van der Waals surface area contributed by atoms with Crippen molar-refractivity contribution >= 4 is 0 Å². The Morgan fingerprint density at radius 1 is 1.00 bits per heavy atom. The molecule has 0 aliphatic heterocycles. The Kier molecular flexibility index (Phi) is 3.82. The van der Waals surface area contributed by atoms with Crippen molar-refractivity contribution in [2.45, 2.75) is 6.92 Å². The molecule has 3 aromatic rings. The Morgan fingerprint density at radius 2 is 1.68 bits per heavy atom. The zero-order chi connectivity index (χ0) is 15.5. The van der Waals surface area contributed by atoms with Crippen LogP contribution in [0, 0.1) is 11.6 Å². The molecule has 0 fully saturated rings. The molecule has 0 radical (unpaired) electrons. The van der Waals surface area contributed by atoms with E-state index in [9.17, 15) is 8.78 Å². The van der Waals surface area contributed by atoms with Crippen LogP contribution in [0.5, 0.6) is 5.75 Å². The fourth-order valence-corrected chi connectivity index (χ4v) is 2.00. The van der Waals surface area contributed by atoms with Crippen LogP contribution >= 0.6 is 0 Å². The van der Waals surface area contributed by atoms with Crippen LogP contribution in [0.1, 0.15) is 6.92 Å². The van der Waals surface area contributed by atoms with Crippen molar-refractivity contribution in [3.63, 3.8) is 0 Å². The molecule has 6 heteroatoms. The highest BCUT2D eigenvalue weighted by atomic mass is 19.1. The van der Waals surface area contributed by atoms with E-state index in [-0.39, 0.29) is 11.5 Å². The van der Waals surface area contributed by atoms with Gasteiger partial charge in [0, 0.05) is 17.2 Å². The Hall–Kier alpha value is -2.76. The minimum atomic E-state index is -0.698. The van der Waals surface area contributed by atoms with Gasteiger partial charge in [-0.05, 0) is 43.3 Å². The van der Waals surface area contributed by atoms with Gasteiger partial charge in [0.1, 0.15) is 17.4 Å². The molecule has 0 amide bonds. The molecule has 0 aliphatic rings. The predicted molar refractivity (Wildman–Crippen MR) is 76.3 cm³/mol. The van der Waals surface area contributed by atoms with Crippen molar-refractivity contribution in [2.24, 2.45) is 0 Å². The number of rotatable bonds is 4. The monoisotopic (exact) mass is 302 g/mol. The summed E-state index contributed by atoms with van der Waals surface area (Å²) >= 11 is 0. The highest BCUT2D eigenvalue weighted by molar-refractivity contribution is 5.60. The maximum Gasteiger partial charge on any atom is 0.258 e. The third-order valence-electron chi connectivity index (χ3n) is 2.96. The largest absolute Gasteiger partial charge is 0.494 e. The number of ether oxygens (including phenoxy) is 1. The maximum absolute atomic E-state index is 13.2. The normalized spacial score (nSPS) is 10.7. The number of benzene rings is 2. The Balaban J connectivity index is 1.89. The lowest BCUT2D eigenvalue weighted by Gasteiger charge is -2.02. The second kappa shape index (κ2) is 5.93. The van der Waals surface area contributed by atoms with Crippen molar-refractivity contribution < 1.29 is 18.0 Å². The highest BCUT2D eigenvalue weighted by Crippen LogP contribution is 2.25.